The molecule has 2 aromatic carbocycles. The maximum absolute atomic E-state index is 11.5. The number of fused-ring (bicyclic) bond motifs is 3. The zero-order valence-electron chi connectivity index (χ0n) is 17.1. The van der Waals surface area contributed by atoms with Crippen LogP contribution in [0.25, 0.3) is 0 Å². The van der Waals surface area contributed by atoms with E-state index < -0.39 is 5.97 Å². The van der Waals surface area contributed by atoms with Crippen LogP contribution in [0.4, 0.5) is 5.69 Å². The van der Waals surface area contributed by atoms with Crippen LogP contribution in [0.2, 0.25) is 0 Å². The molecule has 2 N–H and O–H groups in total. The first kappa shape index (κ1) is 18.9. The van der Waals surface area contributed by atoms with Crippen molar-refractivity contribution < 1.29 is 14.6 Å². The first-order chi connectivity index (χ1) is 13.4. The van der Waals surface area contributed by atoms with Crippen molar-refractivity contribution in [3.05, 3.63) is 58.1 Å². The smallest absolute Gasteiger partial charge is 0.335 e. The Morgan fingerprint density at radius 1 is 1.11 bits per heavy atom. The molecule has 0 amide bonds. The van der Waals surface area contributed by atoms with Crippen molar-refractivity contribution >= 4 is 11.7 Å². The van der Waals surface area contributed by atoms with E-state index in [-0.39, 0.29) is 12.1 Å². The van der Waals surface area contributed by atoms with Crippen molar-refractivity contribution in [2.24, 2.45) is 5.92 Å². The van der Waals surface area contributed by atoms with Crippen molar-refractivity contribution in [1.29, 1.82) is 0 Å². The van der Waals surface area contributed by atoms with Crippen molar-refractivity contribution in [3.63, 3.8) is 0 Å². The van der Waals surface area contributed by atoms with E-state index in [1.54, 1.807) is 6.07 Å². The molecule has 1 aliphatic carbocycles. The fourth-order valence-electron chi connectivity index (χ4n) is 5.09. The minimum Gasteiger partial charge on any atom is -0.491 e. The first-order valence-corrected chi connectivity index (χ1v) is 10.3. The zero-order valence-corrected chi connectivity index (χ0v) is 17.1. The van der Waals surface area contributed by atoms with Crippen molar-refractivity contribution in [3.8, 4) is 5.75 Å². The Kier molecular flexibility index (Phi) is 4.82. The lowest BCUT2D eigenvalue weighted by Crippen LogP contribution is -2.29. The number of aromatic carboxylic acids is 1. The second-order valence-corrected chi connectivity index (χ2v) is 8.50. The average Bonchev–Trinajstić information content (AvgIpc) is 3.13. The summed E-state index contributed by atoms with van der Waals surface area (Å²) in [5.74, 6) is 1.13. The number of benzene rings is 2. The largest absolute Gasteiger partial charge is 0.491 e. The van der Waals surface area contributed by atoms with Gasteiger partial charge in [-0.2, -0.15) is 0 Å². The molecule has 1 saturated carbocycles. The van der Waals surface area contributed by atoms with Crippen LogP contribution in [0.5, 0.6) is 5.75 Å². The molecule has 28 heavy (non-hydrogen) atoms. The molecule has 1 aliphatic heterocycles. The standard InChI is InChI=1S/C24H29NO3/c1-13(2)28-16-8-11-22-21(12-16)19-6-5-7-20(19)23(25-22)17-9-10-18(24(26)27)15(4)14(17)3/h8-13,19-20,23,25H,5-7H2,1-4H3,(H,26,27)/t19-,20+,23+/m1/s1. The third-order valence-corrected chi connectivity index (χ3v) is 6.50. The highest BCUT2D eigenvalue weighted by molar-refractivity contribution is 5.90. The summed E-state index contributed by atoms with van der Waals surface area (Å²) in [5, 5.41) is 13.2. The fourth-order valence-corrected chi connectivity index (χ4v) is 5.09. The molecule has 4 rings (SSSR count). The Hall–Kier alpha value is -2.49. The molecule has 1 fully saturated rings. The van der Waals surface area contributed by atoms with Crippen LogP contribution in [0.15, 0.2) is 30.3 Å². The summed E-state index contributed by atoms with van der Waals surface area (Å²) in [4.78, 5) is 11.5. The maximum atomic E-state index is 11.5. The molecule has 0 bridgehead atoms. The topological polar surface area (TPSA) is 58.6 Å². The number of hydrogen-bond donors (Lipinski definition) is 2. The number of hydrogen-bond acceptors (Lipinski definition) is 3. The van der Waals surface area contributed by atoms with Crippen LogP contribution in [-0.4, -0.2) is 17.2 Å². The second kappa shape index (κ2) is 7.16. The van der Waals surface area contributed by atoms with Crippen molar-refractivity contribution in [2.75, 3.05) is 5.32 Å². The molecule has 2 aromatic rings. The van der Waals surface area contributed by atoms with Gasteiger partial charge in [0.05, 0.1) is 17.7 Å². The van der Waals surface area contributed by atoms with Gasteiger partial charge < -0.3 is 15.2 Å². The summed E-state index contributed by atoms with van der Waals surface area (Å²) >= 11 is 0. The Bertz CT molecular complexity index is 918. The van der Waals surface area contributed by atoms with Gasteiger partial charge in [-0.05, 0) is 98.9 Å². The Morgan fingerprint density at radius 3 is 2.61 bits per heavy atom. The molecule has 0 unspecified atom stereocenters. The molecule has 2 aliphatic rings. The van der Waals surface area contributed by atoms with Gasteiger partial charge >= 0.3 is 5.97 Å². The van der Waals surface area contributed by atoms with Gasteiger partial charge in [0.1, 0.15) is 5.75 Å². The molecular formula is C24H29NO3. The molecule has 148 valence electrons. The van der Waals surface area contributed by atoms with E-state index in [1.807, 2.05) is 19.1 Å². The first-order valence-electron chi connectivity index (χ1n) is 10.3. The SMILES string of the molecule is Cc1c(C(=O)O)ccc([C@@H]2Nc3ccc(OC(C)C)cc3[C@@H]3CCC[C@@H]32)c1C. The minimum atomic E-state index is -0.856. The van der Waals surface area contributed by atoms with E-state index in [0.29, 0.717) is 17.4 Å². The zero-order chi connectivity index (χ0) is 20.0. The van der Waals surface area contributed by atoms with Crippen LogP contribution in [-0.2, 0) is 0 Å². The molecule has 4 heteroatoms. The molecule has 0 saturated heterocycles. The summed E-state index contributed by atoms with van der Waals surface area (Å²) in [6, 6.07) is 10.4. The summed E-state index contributed by atoms with van der Waals surface area (Å²) in [7, 11) is 0. The Labute approximate surface area is 166 Å². The Morgan fingerprint density at radius 2 is 1.89 bits per heavy atom. The number of ether oxygens (including phenoxy) is 1. The molecule has 0 aromatic heterocycles. The van der Waals surface area contributed by atoms with Crippen LogP contribution in [0, 0.1) is 19.8 Å². The number of carboxylic acid groups (broad SMARTS) is 1. The van der Waals surface area contributed by atoms with Gasteiger partial charge in [-0.15, -0.1) is 0 Å². The monoisotopic (exact) mass is 379 g/mol. The van der Waals surface area contributed by atoms with E-state index >= 15 is 0 Å². The third kappa shape index (κ3) is 3.15. The van der Waals surface area contributed by atoms with Gasteiger partial charge in [0.2, 0.25) is 0 Å². The highest BCUT2D eigenvalue weighted by atomic mass is 16.5. The molecule has 0 radical (unpaired) electrons. The lowest BCUT2D eigenvalue weighted by molar-refractivity contribution is 0.0696. The predicted molar refractivity (Wildman–Crippen MR) is 112 cm³/mol. The number of anilines is 1. The fraction of sp³-hybridized carbons (Fsp3) is 0.458. The van der Waals surface area contributed by atoms with Crippen LogP contribution in [0.3, 0.4) is 0 Å². The van der Waals surface area contributed by atoms with Gasteiger partial charge in [0, 0.05) is 5.69 Å². The lowest BCUT2D eigenvalue weighted by Gasteiger charge is -2.38. The van der Waals surface area contributed by atoms with Gasteiger partial charge in [0.25, 0.3) is 0 Å². The molecular weight excluding hydrogens is 350 g/mol. The van der Waals surface area contributed by atoms with Crippen LogP contribution >= 0.6 is 0 Å². The normalized spacial score (nSPS) is 23.1. The summed E-state index contributed by atoms with van der Waals surface area (Å²) in [6.45, 7) is 8.08. The van der Waals surface area contributed by atoms with Crippen molar-refractivity contribution in [1.82, 2.24) is 0 Å². The maximum Gasteiger partial charge on any atom is 0.335 e. The molecule has 3 atom stereocenters. The summed E-state index contributed by atoms with van der Waals surface area (Å²) in [5.41, 5.74) is 6.14. The van der Waals surface area contributed by atoms with Gasteiger partial charge in [0.15, 0.2) is 0 Å². The van der Waals surface area contributed by atoms with Crippen LogP contribution in [0.1, 0.15) is 77.7 Å². The Balaban J connectivity index is 1.74. The highest BCUT2D eigenvalue weighted by Crippen LogP contribution is 2.53. The molecule has 0 spiro atoms. The van der Waals surface area contributed by atoms with E-state index in [4.69, 9.17) is 4.74 Å². The van der Waals surface area contributed by atoms with Gasteiger partial charge in [-0.3, -0.25) is 0 Å². The van der Waals surface area contributed by atoms with Gasteiger partial charge in [-0.25, -0.2) is 4.79 Å². The highest BCUT2D eigenvalue weighted by Gasteiger charge is 2.41. The summed E-state index contributed by atoms with van der Waals surface area (Å²) < 4.78 is 5.93. The molecule has 4 nitrogen and oxygen atoms in total. The number of carboxylic acids is 1. The number of nitrogens with one attached hydrogen (secondary N) is 1. The number of rotatable bonds is 4. The van der Waals surface area contributed by atoms with Crippen molar-refractivity contribution in [2.45, 2.75) is 65.0 Å². The minimum absolute atomic E-state index is 0.167. The van der Waals surface area contributed by atoms with E-state index in [1.165, 1.54) is 36.1 Å². The number of carbonyl (C=O) groups is 1. The summed E-state index contributed by atoms with van der Waals surface area (Å²) in [6.07, 6.45) is 3.79. The quantitative estimate of drug-likeness (QED) is 0.701. The van der Waals surface area contributed by atoms with E-state index in [2.05, 4.69) is 38.2 Å². The van der Waals surface area contributed by atoms with Crippen LogP contribution < -0.4 is 10.1 Å². The van der Waals surface area contributed by atoms with E-state index in [0.717, 1.165) is 16.9 Å². The average molecular weight is 380 g/mol. The second-order valence-electron chi connectivity index (χ2n) is 8.50. The lowest BCUT2D eigenvalue weighted by atomic mass is 9.76. The third-order valence-electron chi connectivity index (χ3n) is 6.50. The molecule has 1 heterocycles. The predicted octanol–water partition coefficient (Wildman–Crippen LogP) is 5.84. The van der Waals surface area contributed by atoms with Gasteiger partial charge in [-0.1, -0.05) is 12.5 Å². The van der Waals surface area contributed by atoms with E-state index in [9.17, 15) is 9.90 Å².